The molecular formula is C18H16N2O9. The van der Waals surface area contributed by atoms with Gasteiger partial charge in [0, 0.05) is 37.1 Å². The third kappa shape index (κ3) is 6.07. The number of nitro benzene ring substituents is 2. The van der Waals surface area contributed by atoms with Crippen LogP contribution < -0.4 is 0 Å². The predicted molar refractivity (Wildman–Crippen MR) is 97.1 cm³/mol. The van der Waals surface area contributed by atoms with E-state index in [1.807, 2.05) is 0 Å². The second-order valence-corrected chi connectivity index (χ2v) is 6.03. The highest BCUT2D eigenvalue weighted by atomic mass is 16.6. The molecule has 0 bridgehead atoms. The number of aliphatic hydroxyl groups is 1. The summed E-state index contributed by atoms with van der Waals surface area (Å²) in [5.41, 5.74) is 0.485. The van der Waals surface area contributed by atoms with Crippen molar-refractivity contribution in [2.24, 2.45) is 0 Å². The number of ether oxygens (including phenoxy) is 1. The van der Waals surface area contributed by atoms with Crippen LogP contribution in [0.2, 0.25) is 0 Å². The van der Waals surface area contributed by atoms with Gasteiger partial charge in [0.2, 0.25) is 6.10 Å². The zero-order valence-corrected chi connectivity index (χ0v) is 14.8. The number of hydrogen-bond donors (Lipinski definition) is 2. The zero-order chi connectivity index (χ0) is 21.6. The first kappa shape index (κ1) is 21.4. The molecule has 11 nitrogen and oxygen atoms in total. The second-order valence-electron chi connectivity index (χ2n) is 6.03. The Bertz CT molecular complexity index is 910. The number of benzene rings is 2. The van der Waals surface area contributed by atoms with E-state index in [1.165, 1.54) is 48.5 Å². The van der Waals surface area contributed by atoms with Crippen LogP contribution in [0.3, 0.4) is 0 Å². The molecule has 0 aliphatic rings. The maximum absolute atomic E-state index is 12.0. The summed E-state index contributed by atoms with van der Waals surface area (Å²) in [7, 11) is 0. The van der Waals surface area contributed by atoms with Crippen molar-refractivity contribution in [1.29, 1.82) is 0 Å². The molecule has 0 aliphatic carbocycles. The third-order valence-corrected chi connectivity index (χ3v) is 3.95. The van der Waals surface area contributed by atoms with E-state index in [-0.39, 0.29) is 24.2 Å². The molecule has 29 heavy (non-hydrogen) atoms. The van der Waals surface area contributed by atoms with Crippen molar-refractivity contribution in [1.82, 2.24) is 0 Å². The van der Waals surface area contributed by atoms with Crippen molar-refractivity contribution in [3.05, 3.63) is 79.9 Å². The molecule has 2 atom stereocenters. The largest absolute Gasteiger partial charge is 0.478 e. The van der Waals surface area contributed by atoms with E-state index in [4.69, 9.17) is 4.74 Å². The van der Waals surface area contributed by atoms with E-state index >= 15 is 0 Å². The summed E-state index contributed by atoms with van der Waals surface area (Å²) in [5, 5.41) is 40.5. The Labute approximate surface area is 163 Å². The molecule has 2 aromatic carbocycles. The van der Waals surface area contributed by atoms with Crippen LogP contribution in [-0.4, -0.2) is 44.2 Å². The number of carboxylic acids is 1. The minimum absolute atomic E-state index is 0.153. The van der Waals surface area contributed by atoms with Gasteiger partial charge in [-0.1, -0.05) is 24.3 Å². The zero-order valence-electron chi connectivity index (χ0n) is 14.8. The molecular weight excluding hydrogens is 388 g/mol. The molecule has 2 unspecified atom stereocenters. The fourth-order valence-corrected chi connectivity index (χ4v) is 2.43. The molecule has 0 aromatic heterocycles. The van der Waals surface area contributed by atoms with Crippen molar-refractivity contribution in [3.63, 3.8) is 0 Å². The molecule has 0 heterocycles. The SMILES string of the molecule is O=C(OC(Cc1ccc([N+](=O)[O-])cc1)C(=O)O)C(O)Cc1ccc([N+](=O)[O-])cc1. The van der Waals surface area contributed by atoms with Gasteiger partial charge < -0.3 is 14.9 Å². The molecule has 0 radical (unpaired) electrons. The Morgan fingerprint density at radius 1 is 0.862 bits per heavy atom. The molecule has 2 rings (SSSR count). The summed E-state index contributed by atoms with van der Waals surface area (Å²) < 4.78 is 4.86. The van der Waals surface area contributed by atoms with Gasteiger partial charge in [0.1, 0.15) is 0 Å². The first-order valence-corrected chi connectivity index (χ1v) is 8.25. The van der Waals surface area contributed by atoms with Gasteiger partial charge in [0.05, 0.1) is 9.85 Å². The molecule has 152 valence electrons. The van der Waals surface area contributed by atoms with Gasteiger partial charge in [0.15, 0.2) is 6.10 Å². The maximum Gasteiger partial charge on any atom is 0.345 e. The summed E-state index contributed by atoms with van der Waals surface area (Å²) in [6.07, 6.45) is -3.74. The molecule has 0 fully saturated rings. The van der Waals surface area contributed by atoms with Crippen LogP contribution in [0.15, 0.2) is 48.5 Å². The summed E-state index contributed by atoms with van der Waals surface area (Å²) >= 11 is 0. The number of carboxylic acid groups (broad SMARTS) is 1. The van der Waals surface area contributed by atoms with Crippen molar-refractivity contribution >= 4 is 23.3 Å². The lowest BCUT2D eigenvalue weighted by atomic mass is 10.1. The number of non-ortho nitro benzene ring substituents is 2. The Morgan fingerprint density at radius 2 is 1.28 bits per heavy atom. The Kier molecular flexibility index (Phi) is 6.93. The lowest BCUT2D eigenvalue weighted by Crippen LogP contribution is -2.35. The van der Waals surface area contributed by atoms with Gasteiger partial charge in [-0.05, 0) is 11.1 Å². The molecule has 11 heteroatoms. The number of esters is 1. The molecule has 0 saturated carbocycles. The number of carbonyl (C=O) groups excluding carboxylic acids is 1. The van der Waals surface area contributed by atoms with Crippen molar-refractivity contribution in [3.8, 4) is 0 Å². The lowest BCUT2D eigenvalue weighted by Gasteiger charge is -2.16. The second kappa shape index (κ2) is 9.37. The number of hydrogen-bond acceptors (Lipinski definition) is 8. The van der Waals surface area contributed by atoms with Gasteiger partial charge in [-0.25, -0.2) is 9.59 Å². The topological polar surface area (TPSA) is 170 Å². The van der Waals surface area contributed by atoms with Crippen LogP contribution in [-0.2, 0) is 27.2 Å². The average molecular weight is 404 g/mol. The quantitative estimate of drug-likeness (QED) is 0.358. The molecule has 0 amide bonds. The summed E-state index contributed by atoms with van der Waals surface area (Å²) in [4.78, 5) is 43.5. The van der Waals surface area contributed by atoms with Crippen LogP contribution in [0.4, 0.5) is 11.4 Å². The average Bonchev–Trinajstić information content (AvgIpc) is 2.68. The standard InChI is InChI=1S/C18H16N2O9/c21-15(9-11-1-5-13(6-2-11)19(25)26)18(24)29-16(17(22)23)10-12-3-7-14(8-4-12)20(27)28/h1-8,15-16,21H,9-10H2,(H,22,23). The number of nitrogens with zero attached hydrogens (tertiary/aromatic N) is 2. The van der Waals surface area contributed by atoms with E-state index in [0.717, 1.165) is 0 Å². The van der Waals surface area contributed by atoms with Crippen molar-refractivity contribution in [2.75, 3.05) is 0 Å². The molecule has 2 aromatic rings. The third-order valence-electron chi connectivity index (χ3n) is 3.95. The highest BCUT2D eigenvalue weighted by molar-refractivity contribution is 5.80. The predicted octanol–water partition coefficient (Wildman–Crippen LogP) is 1.65. The Hall–Kier alpha value is -3.86. The van der Waals surface area contributed by atoms with Gasteiger partial charge in [-0.2, -0.15) is 0 Å². The van der Waals surface area contributed by atoms with E-state index in [0.29, 0.717) is 11.1 Å². The van der Waals surface area contributed by atoms with Crippen LogP contribution in [0.25, 0.3) is 0 Å². The summed E-state index contributed by atoms with van der Waals surface area (Å²) in [5.74, 6) is -2.61. The highest BCUT2D eigenvalue weighted by Gasteiger charge is 2.27. The molecule has 0 aliphatic heterocycles. The van der Waals surface area contributed by atoms with Crippen molar-refractivity contribution in [2.45, 2.75) is 25.0 Å². The fourth-order valence-electron chi connectivity index (χ4n) is 2.43. The van der Waals surface area contributed by atoms with E-state index < -0.39 is 34.0 Å². The van der Waals surface area contributed by atoms with Crippen LogP contribution in [0.1, 0.15) is 11.1 Å². The monoisotopic (exact) mass is 404 g/mol. The number of aliphatic carboxylic acids is 1. The first-order chi connectivity index (χ1) is 13.7. The van der Waals surface area contributed by atoms with Crippen LogP contribution >= 0.6 is 0 Å². The smallest absolute Gasteiger partial charge is 0.345 e. The Morgan fingerprint density at radius 3 is 1.66 bits per heavy atom. The summed E-state index contributed by atoms with van der Waals surface area (Å²) in [6.45, 7) is 0. The number of rotatable bonds is 9. The number of aliphatic hydroxyl groups excluding tert-OH is 1. The molecule has 0 saturated heterocycles. The Balaban J connectivity index is 1.99. The summed E-state index contributed by atoms with van der Waals surface area (Å²) in [6, 6.07) is 10.2. The van der Waals surface area contributed by atoms with E-state index in [1.54, 1.807) is 0 Å². The molecule has 2 N–H and O–H groups in total. The van der Waals surface area contributed by atoms with Gasteiger partial charge in [-0.15, -0.1) is 0 Å². The minimum Gasteiger partial charge on any atom is -0.478 e. The number of carbonyl (C=O) groups is 2. The normalized spacial score (nSPS) is 12.6. The minimum atomic E-state index is -1.67. The lowest BCUT2D eigenvalue weighted by molar-refractivity contribution is -0.385. The van der Waals surface area contributed by atoms with E-state index in [2.05, 4.69) is 0 Å². The van der Waals surface area contributed by atoms with Crippen LogP contribution in [0.5, 0.6) is 0 Å². The van der Waals surface area contributed by atoms with E-state index in [9.17, 15) is 40.0 Å². The van der Waals surface area contributed by atoms with Crippen molar-refractivity contribution < 1.29 is 34.4 Å². The van der Waals surface area contributed by atoms with Gasteiger partial charge in [0.25, 0.3) is 11.4 Å². The first-order valence-electron chi connectivity index (χ1n) is 8.25. The van der Waals surface area contributed by atoms with Gasteiger partial charge in [-0.3, -0.25) is 20.2 Å². The maximum atomic E-state index is 12.0. The highest BCUT2D eigenvalue weighted by Crippen LogP contribution is 2.16. The fraction of sp³-hybridized carbons (Fsp3) is 0.222. The van der Waals surface area contributed by atoms with Crippen LogP contribution in [0, 0.1) is 20.2 Å². The number of nitro groups is 2. The van der Waals surface area contributed by atoms with Gasteiger partial charge >= 0.3 is 11.9 Å². The molecule has 0 spiro atoms.